The molecule has 19 heavy (non-hydrogen) atoms. The Kier molecular flexibility index (Phi) is 4.19. The molecule has 0 amide bonds. The van der Waals surface area contributed by atoms with E-state index in [0.717, 1.165) is 25.7 Å². The van der Waals surface area contributed by atoms with Crippen LogP contribution >= 0.6 is 0 Å². The standard InChI is InChI=1S/C13H22N2O3S/c1-2-12(9-14)19(17,18)15-8-7-13(16)6-4-3-5-11(13)10-15/h11-12,16H,2-8,10H2,1H3. The van der Waals surface area contributed by atoms with Crippen LogP contribution in [-0.2, 0) is 10.0 Å². The molecule has 1 aliphatic carbocycles. The van der Waals surface area contributed by atoms with Crippen molar-refractivity contribution in [2.24, 2.45) is 5.92 Å². The van der Waals surface area contributed by atoms with Crippen LogP contribution in [0.5, 0.6) is 0 Å². The maximum absolute atomic E-state index is 12.3. The fraction of sp³-hybridized carbons (Fsp3) is 0.923. The molecular weight excluding hydrogens is 264 g/mol. The van der Waals surface area contributed by atoms with Gasteiger partial charge in [-0.15, -0.1) is 0 Å². The molecular formula is C13H22N2O3S. The van der Waals surface area contributed by atoms with E-state index in [1.807, 2.05) is 6.07 Å². The Balaban J connectivity index is 2.15. The van der Waals surface area contributed by atoms with Crippen molar-refractivity contribution in [3.63, 3.8) is 0 Å². The van der Waals surface area contributed by atoms with Crippen molar-refractivity contribution in [2.45, 2.75) is 56.3 Å². The van der Waals surface area contributed by atoms with Gasteiger partial charge in [0.15, 0.2) is 5.25 Å². The van der Waals surface area contributed by atoms with Crippen LogP contribution in [0.15, 0.2) is 0 Å². The van der Waals surface area contributed by atoms with E-state index in [2.05, 4.69) is 0 Å². The second-order valence-corrected chi connectivity index (χ2v) is 7.84. The summed E-state index contributed by atoms with van der Waals surface area (Å²) in [6.07, 6.45) is 4.54. The highest BCUT2D eigenvalue weighted by Crippen LogP contribution is 2.40. The Labute approximate surface area is 115 Å². The minimum Gasteiger partial charge on any atom is -0.390 e. The second-order valence-electron chi connectivity index (χ2n) is 5.73. The average Bonchev–Trinajstić information content (AvgIpc) is 2.38. The van der Waals surface area contributed by atoms with E-state index in [1.54, 1.807) is 6.92 Å². The number of hydrogen-bond donors (Lipinski definition) is 1. The third kappa shape index (κ3) is 2.64. The summed E-state index contributed by atoms with van der Waals surface area (Å²) < 4.78 is 26.1. The highest BCUT2D eigenvalue weighted by atomic mass is 32.2. The Morgan fingerprint density at radius 2 is 2.21 bits per heavy atom. The van der Waals surface area contributed by atoms with Gasteiger partial charge in [-0.05, 0) is 25.7 Å². The van der Waals surface area contributed by atoms with Crippen LogP contribution in [0.2, 0.25) is 0 Å². The van der Waals surface area contributed by atoms with Gasteiger partial charge in [-0.1, -0.05) is 19.8 Å². The first-order chi connectivity index (χ1) is 8.94. The number of nitriles is 1. The molecule has 0 aromatic heterocycles. The lowest BCUT2D eigenvalue weighted by Gasteiger charge is -2.47. The van der Waals surface area contributed by atoms with Gasteiger partial charge in [0.1, 0.15) is 0 Å². The molecule has 1 aliphatic heterocycles. The fourth-order valence-electron chi connectivity index (χ4n) is 3.32. The first kappa shape index (κ1) is 14.8. The van der Waals surface area contributed by atoms with Crippen molar-refractivity contribution in [3.05, 3.63) is 0 Å². The van der Waals surface area contributed by atoms with E-state index in [0.29, 0.717) is 25.9 Å². The molecule has 5 nitrogen and oxygen atoms in total. The van der Waals surface area contributed by atoms with E-state index < -0.39 is 20.9 Å². The summed E-state index contributed by atoms with van der Waals surface area (Å²) in [6.45, 7) is 2.43. The molecule has 0 bridgehead atoms. The van der Waals surface area contributed by atoms with Gasteiger partial charge in [0, 0.05) is 19.0 Å². The van der Waals surface area contributed by atoms with Crippen molar-refractivity contribution in [1.82, 2.24) is 4.31 Å². The van der Waals surface area contributed by atoms with Crippen LogP contribution in [-0.4, -0.2) is 41.8 Å². The monoisotopic (exact) mass is 286 g/mol. The van der Waals surface area contributed by atoms with Crippen molar-refractivity contribution in [2.75, 3.05) is 13.1 Å². The molecule has 2 rings (SSSR count). The molecule has 3 unspecified atom stereocenters. The summed E-state index contributed by atoms with van der Waals surface area (Å²) in [4.78, 5) is 0. The van der Waals surface area contributed by atoms with Crippen LogP contribution in [0.4, 0.5) is 0 Å². The largest absolute Gasteiger partial charge is 0.390 e. The number of hydrogen-bond acceptors (Lipinski definition) is 4. The molecule has 1 saturated carbocycles. The van der Waals surface area contributed by atoms with Crippen LogP contribution in [0.1, 0.15) is 45.4 Å². The lowest BCUT2D eigenvalue weighted by atomic mass is 9.72. The molecule has 0 aromatic rings. The minimum atomic E-state index is -3.54. The highest BCUT2D eigenvalue weighted by molar-refractivity contribution is 7.90. The lowest BCUT2D eigenvalue weighted by molar-refractivity contribution is -0.0817. The van der Waals surface area contributed by atoms with Crippen molar-refractivity contribution in [3.8, 4) is 6.07 Å². The van der Waals surface area contributed by atoms with Gasteiger partial charge >= 0.3 is 0 Å². The quantitative estimate of drug-likeness (QED) is 0.846. The number of rotatable bonds is 3. The normalized spacial score (nSPS) is 34.3. The zero-order valence-corrected chi connectivity index (χ0v) is 12.2. The predicted octanol–water partition coefficient (Wildman–Crippen LogP) is 1.25. The van der Waals surface area contributed by atoms with Gasteiger partial charge in [0.05, 0.1) is 11.7 Å². The van der Waals surface area contributed by atoms with Gasteiger partial charge in [-0.2, -0.15) is 5.26 Å². The SMILES string of the molecule is CCC(C#N)S(=O)(=O)N1CCC2(O)CCCCC2C1. The molecule has 0 radical (unpaired) electrons. The molecule has 2 fully saturated rings. The smallest absolute Gasteiger partial charge is 0.230 e. The molecule has 1 N–H and O–H groups in total. The summed E-state index contributed by atoms with van der Waals surface area (Å²) >= 11 is 0. The summed E-state index contributed by atoms with van der Waals surface area (Å²) in [6, 6.07) is 1.88. The maximum atomic E-state index is 12.3. The Morgan fingerprint density at radius 1 is 1.47 bits per heavy atom. The third-order valence-electron chi connectivity index (χ3n) is 4.62. The van der Waals surface area contributed by atoms with Crippen LogP contribution < -0.4 is 0 Å². The Hall–Kier alpha value is -0.640. The van der Waals surface area contributed by atoms with Gasteiger partial charge in [-0.3, -0.25) is 0 Å². The van der Waals surface area contributed by atoms with Gasteiger partial charge in [0.25, 0.3) is 0 Å². The highest BCUT2D eigenvalue weighted by Gasteiger charge is 2.46. The van der Waals surface area contributed by atoms with Gasteiger partial charge in [0.2, 0.25) is 10.0 Å². The summed E-state index contributed by atoms with van der Waals surface area (Å²) in [7, 11) is -3.54. The first-order valence-electron chi connectivity index (χ1n) is 7.05. The predicted molar refractivity (Wildman–Crippen MR) is 71.7 cm³/mol. The van der Waals surface area contributed by atoms with Crippen molar-refractivity contribution >= 4 is 10.0 Å². The van der Waals surface area contributed by atoms with Crippen molar-refractivity contribution in [1.29, 1.82) is 5.26 Å². The third-order valence-corrected chi connectivity index (χ3v) is 6.83. The van der Waals surface area contributed by atoms with Crippen molar-refractivity contribution < 1.29 is 13.5 Å². The van der Waals surface area contributed by atoms with Crippen LogP contribution in [0.25, 0.3) is 0 Å². The molecule has 1 heterocycles. The average molecular weight is 286 g/mol. The molecule has 0 aromatic carbocycles. The van der Waals surface area contributed by atoms with E-state index in [9.17, 15) is 13.5 Å². The Bertz CT molecular complexity index is 471. The first-order valence-corrected chi connectivity index (χ1v) is 8.55. The van der Waals surface area contributed by atoms with E-state index in [4.69, 9.17) is 5.26 Å². The molecule has 2 aliphatic rings. The number of aliphatic hydroxyl groups is 1. The topological polar surface area (TPSA) is 81.4 Å². The molecule has 6 heteroatoms. The van der Waals surface area contributed by atoms with E-state index >= 15 is 0 Å². The van der Waals surface area contributed by atoms with E-state index in [-0.39, 0.29) is 5.92 Å². The summed E-state index contributed by atoms with van der Waals surface area (Å²) in [5, 5.41) is 18.6. The Morgan fingerprint density at radius 3 is 2.84 bits per heavy atom. The van der Waals surface area contributed by atoms with Gasteiger partial charge in [-0.25, -0.2) is 12.7 Å². The summed E-state index contributed by atoms with van der Waals surface area (Å²) in [5.74, 6) is 0.0287. The maximum Gasteiger partial charge on any atom is 0.230 e. The second kappa shape index (κ2) is 5.39. The number of fused-ring (bicyclic) bond motifs is 1. The lowest BCUT2D eigenvalue weighted by Crippen LogP contribution is -2.55. The number of piperidine rings is 1. The summed E-state index contributed by atoms with van der Waals surface area (Å²) in [5.41, 5.74) is -0.682. The zero-order valence-electron chi connectivity index (χ0n) is 11.4. The number of nitrogens with zero attached hydrogens (tertiary/aromatic N) is 2. The van der Waals surface area contributed by atoms with Gasteiger partial charge < -0.3 is 5.11 Å². The molecule has 1 saturated heterocycles. The van der Waals surface area contributed by atoms with Crippen LogP contribution in [0, 0.1) is 17.2 Å². The fourth-order valence-corrected chi connectivity index (χ4v) is 4.97. The molecule has 108 valence electrons. The molecule has 3 atom stereocenters. The zero-order chi connectivity index (χ0) is 14.1. The van der Waals surface area contributed by atoms with Crippen LogP contribution in [0.3, 0.4) is 0 Å². The minimum absolute atomic E-state index is 0.0287. The van der Waals surface area contributed by atoms with E-state index in [1.165, 1.54) is 4.31 Å². The number of sulfonamides is 1. The molecule has 0 spiro atoms.